The molecule has 2 atom stereocenters. The van der Waals surface area contributed by atoms with E-state index in [1.807, 2.05) is 48.5 Å². The lowest BCUT2D eigenvalue weighted by molar-refractivity contribution is -0.147. The van der Waals surface area contributed by atoms with E-state index in [2.05, 4.69) is 5.32 Å². The lowest BCUT2D eigenvalue weighted by Crippen LogP contribution is -2.46. The van der Waals surface area contributed by atoms with E-state index < -0.39 is 18.1 Å². The summed E-state index contributed by atoms with van der Waals surface area (Å²) in [5.41, 5.74) is 7.85. The molecule has 2 unspecified atom stereocenters. The Labute approximate surface area is 158 Å². The number of amides is 1. The maximum atomic E-state index is 12.4. The van der Waals surface area contributed by atoms with Gasteiger partial charge in [0.25, 0.3) is 0 Å². The molecule has 0 saturated carbocycles. The predicted molar refractivity (Wildman–Crippen MR) is 105 cm³/mol. The van der Waals surface area contributed by atoms with Gasteiger partial charge in [0, 0.05) is 11.5 Å². The van der Waals surface area contributed by atoms with Crippen LogP contribution in [0.2, 0.25) is 0 Å². The van der Waals surface area contributed by atoms with Crippen molar-refractivity contribution < 1.29 is 14.3 Å². The van der Waals surface area contributed by atoms with Crippen LogP contribution < -0.4 is 11.1 Å². The molecule has 6 heteroatoms. The number of nitrogens with one attached hydrogen (secondary N) is 1. The van der Waals surface area contributed by atoms with Gasteiger partial charge in [-0.3, -0.25) is 4.79 Å². The first kappa shape index (κ1) is 20.0. The minimum Gasteiger partial charge on any atom is -0.464 e. The first-order valence-corrected chi connectivity index (χ1v) is 9.66. The lowest BCUT2D eigenvalue weighted by Gasteiger charge is -2.20. The van der Waals surface area contributed by atoms with Gasteiger partial charge in [-0.15, -0.1) is 0 Å². The molecule has 0 spiro atoms. The zero-order chi connectivity index (χ0) is 18.8. The summed E-state index contributed by atoms with van der Waals surface area (Å²) in [4.78, 5) is 24.6. The number of rotatable bonds is 9. The van der Waals surface area contributed by atoms with E-state index in [0.717, 1.165) is 5.75 Å². The number of hydrogen-bond donors (Lipinski definition) is 2. The van der Waals surface area contributed by atoms with Crippen LogP contribution in [0.3, 0.4) is 0 Å². The molecule has 0 aliphatic rings. The minimum absolute atomic E-state index is 0.247. The second-order valence-corrected chi connectivity index (χ2v) is 6.74. The molecule has 138 valence electrons. The Morgan fingerprint density at radius 2 is 1.69 bits per heavy atom. The first-order valence-electron chi connectivity index (χ1n) is 8.51. The van der Waals surface area contributed by atoms with Gasteiger partial charge in [-0.2, -0.15) is 11.8 Å². The van der Waals surface area contributed by atoms with Crippen LogP contribution in [0.4, 0.5) is 0 Å². The number of hydrogen-bond acceptors (Lipinski definition) is 5. The Bertz CT molecular complexity index is 695. The van der Waals surface area contributed by atoms with Gasteiger partial charge in [0.2, 0.25) is 5.91 Å². The quantitative estimate of drug-likeness (QED) is 0.662. The van der Waals surface area contributed by atoms with Crippen LogP contribution in [0.15, 0.2) is 60.7 Å². The SMILES string of the molecule is CCOC(=O)C(NC(=O)C(N)CSCc1ccccc1)c1ccccc1. The summed E-state index contributed by atoms with van der Waals surface area (Å²) in [6.07, 6.45) is 0. The van der Waals surface area contributed by atoms with Crippen LogP contribution in [-0.4, -0.2) is 30.3 Å². The Morgan fingerprint density at radius 3 is 2.31 bits per heavy atom. The van der Waals surface area contributed by atoms with Gasteiger partial charge in [-0.05, 0) is 18.1 Å². The van der Waals surface area contributed by atoms with E-state index >= 15 is 0 Å². The van der Waals surface area contributed by atoms with E-state index in [4.69, 9.17) is 10.5 Å². The van der Waals surface area contributed by atoms with Crippen molar-refractivity contribution in [1.82, 2.24) is 5.32 Å². The number of benzene rings is 2. The number of esters is 1. The zero-order valence-electron chi connectivity index (χ0n) is 14.8. The molecule has 0 aliphatic carbocycles. The minimum atomic E-state index is -0.853. The molecule has 0 aliphatic heterocycles. The Kier molecular flexibility index (Phi) is 8.18. The lowest BCUT2D eigenvalue weighted by atomic mass is 10.1. The van der Waals surface area contributed by atoms with Crippen LogP contribution >= 0.6 is 11.8 Å². The largest absolute Gasteiger partial charge is 0.464 e. The average molecular weight is 372 g/mol. The van der Waals surface area contributed by atoms with Crippen molar-refractivity contribution in [2.75, 3.05) is 12.4 Å². The summed E-state index contributed by atoms with van der Waals surface area (Å²) in [6.45, 7) is 1.98. The van der Waals surface area contributed by atoms with Gasteiger partial charge in [0.15, 0.2) is 6.04 Å². The molecule has 0 saturated heterocycles. The molecule has 0 aromatic heterocycles. The van der Waals surface area contributed by atoms with E-state index in [-0.39, 0.29) is 12.5 Å². The van der Waals surface area contributed by atoms with Crippen LogP contribution in [0.25, 0.3) is 0 Å². The molecule has 1 amide bonds. The van der Waals surface area contributed by atoms with E-state index in [1.165, 1.54) is 5.56 Å². The number of thioether (sulfide) groups is 1. The maximum absolute atomic E-state index is 12.4. The average Bonchev–Trinajstić information content (AvgIpc) is 2.67. The number of carbonyl (C=O) groups excluding carboxylic acids is 2. The molecule has 0 bridgehead atoms. The molecule has 2 aromatic carbocycles. The van der Waals surface area contributed by atoms with Crippen molar-refractivity contribution in [2.24, 2.45) is 5.73 Å². The molecule has 0 radical (unpaired) electrons. The number of ether oxygens (including phenoxy) is 1. The highest BCUT2D eigenvalue weighted by Crippen LogP contribution is 2.16. The third-order valence-corrected chi connectivity index (χ3v) is 4.82. The fourth-order valence-electron chi connectivity index (χ4n) is 2.35. The van der Waals surface area contributed by atoms with Crippen molar-refractivity contribution in [3.63, 3.8) is 0 Å². The zero-order valence-corrected chi connectivity index (χ0v) is 15.6. The van der Waals surface area contributed by atoms with Crippen LogP contribution in [0.1, 0.15) is 24.1 Å². The molecule has 5 nitrogen and oxygen atoms in total. The van der Waals surface area contributed by atoms with Gasteiger partial charge >= 0.3 is 5.97 Å². The normalized spacial score (nSPS) is 12.8. The molecule has 2 aromatic rings. The first-order chi connectivity index (χ1) is 12.6. The second kappa shape index (κ2) is 10.6. The summed E-state index contributed by atoms with van der Waals surface area (Å²) >= 11 is 1.58. The van der Waals surface area contributed by atoms with Crippen LogP contribution in [0, 0.1) is 0 Å². The van der Waals surface area contributed by atoms with Crippen LogP contribution in [-0.2, 0) is 20.1 Å². The van der Waals surface area contributed by atoms with E-state index in [1.54, 1.807) is 30.8 Å². The highest BCUT2D eigenvalue weighted by atomic mass is 32.2. The monoisotopic (exact) mass is 372 g/mol. The fourth-order valence-corrected chi connectivity index (χ4v) is 3.30. The maximum Gasteiger partial charge on any atom is 0.333 e. The van der Waals surface area contributed by atoms with Gasteiger partial charge in [-0.1, -0.05) is 60.7 Å². The second-order valence-electron chi connectivity index (χ2n) is 5.71. The van der Waals surface area contributed by atoms with E-state index in [9.17, 15) is 9.59 Å². The molecule has 0 heterocycles. The summed E-state index contributed by atoms with van der Waals surface area (Å²) < 4.78 is 5.08. The Morgan fingerprint density at radius 1 is 1.08 bits per heavy atom. The Balaban J connectivity index is 1.91. The number of nitrogens with two attached hydrogens (primary N) is 1. The fraction of sp³-hybridized carbons (Fsp3) is 0.300. The van der Waals surface area contributed by atoms with Gasteiger partial charge in [-0.25, -0.2) is 4.79 Å². The molecule has 0 fully saturated rings. The highest BCUT2D eigenvalue weighted by molar-refractivity contribution is 7.98. The molecule has 26 heavy (non-hydrogen) atoms. The smallest absolute Gasteiger partial charge is 0.333 e. The van der Waals surface area contributed by atoms with Crippen molar-refractivity contribution >= 4 is 23.6 Å². The standard InChI is InChI=1S/C20H24N2O3S/c1-2-25-20(24)18(16-11-7-4-8-12-16)22-19(23)17(21)14-26-13-15-9-5-3-6-10-15/h3-12,17-18H,2,13-14,21H2,1H3,(H,22,23). The van der Waals surface area contributed by atoms with E-state index in [0.29, 0.717) is 11.3 Å². The topological polar surface area (TPSA) is 81.4 Å². The van der Waals surface area contributed by atoms with Gasteiger partial charge < -0.3 is 15.8 Å². The summed E-state index contributed by atoms with van der Waals surface area (Å²) in [7, 11) is 0. The molecular formula is C20H24N2O3S. The number of carbonyl (C=O) groups is 2. The summed E-state index contributed by atoms with van der Waals surface area (Å²) in [5, 5.41) is 2.71. The molecular weight excluding hydrogens is 348 g/mol. The predicted octanol–water partition coefficient (Wildman–Crippen LogP) is 2.67. The summed E-state index contributed by atoms with van der Waals surface area (Å²) in [5.74, 6) is 0.385. The van der Waals surface area contributed by atoms with Crippen molar-refractivity contribution in [3.8, 4) is 0 Å². The Hall–Kier alpha value is -2.31. The van der Waals surface area contributed by atoms with Gasteiger partial charge in [0.1, 0.15) is 0 Å². The summed E-state index contributed by atoms with van der Waals surface area (Å²) in [6, 6.07) is 17.4. The molecule has 3 N–H and O–H groups in total. The molecule has 2 rings (SSSR count). The van der Waals surface area contributed by atoms with Crippen molar-refractivity contribution in [2.45, 2.75) is 24.8 Å². The third kappa shape index (κ3) is 6.20. The highest BCUT2D eigenvalue weighted by Gasteiger charge is 2.26. The van der Waals surface area contributed by atoms with Crippen LogP contribution in [0.5, 0.6) is 0 Å². The third-order valence-electron chi connectivity index (χ3n) is 3.69. The van der Waals surface area contributed by atoms with Gasteiger partial charge in [0.05, 0.1) is 12.6 Å². The van der Waals surface area contributed by atoms with Crippen molar-refractivity contribution in [1.29, 1.82) is 0 Å². The van der Waals surface area contributed by atoms with Crippen molar-refractivity contribution in [3.05, 3.63) is 71.8 Å².